The van der Waals surface area contributed by atoms with Crippen molar-refractivity contribution in [3.8, 4) is 22.6 Å². The average molecular weight is 527 g/mol. The summed E-state index contributed by atoms with van der Waals surface area (Å²) in [5.74, 6) is -3.86. The maximum Gasteiger partial charge on any atom is 0.337 e. The molecule has 188 valence electrons. The van der Waals surface area contributed by atoms with E-state index < -0.39 is 50.3 Å². The Labute approximate surface area is 207 Å². The molecule has 0 radical (unpaired) electrons. The van der Waals surface area contributed by atoms with E-state index in [1.165, 1.54) is 36.5 Å². The van der Waals surface area contributed by atoms with Crippen LogP contribution in [0.1, 0.15) is 10.4 Å². The Kier molecular flexibility index (Phi) is 5.91. The normalized spacial score (nSPS) is 11.6. The lowest BCUT2D eigenvalue weighted by molar-refractivity contribution is 0.0600. The highest BCUT2D eigenvalue weighted by molar-refractivity contribution is 7.92. The van der Waals surface area contributed by atoms with Gasteiger partial charge in [0.15, 0.2) is 17.5 Å². The van der Waals surface area contributed by atoms with Crippen molar-refractivity contribution in [1.29, 1.82) is 0 Å². The molecule has 0 aliphatic rings. The second-order valence-electron chi connectivity index (χ2n) is 7.77. The lowest BCUT2D eigenvalue weighted by Crippen LogP contribution is -2.15. The number of ether oxygens (including phenoxy) is 1. The smallest absolute Gasteiger partial charge is 0.337 e. The van der Waals surface area contributed by atoms with E-state index in [9.17, 15) is 17.6 Å². The number of esters is 1. The number of aromatic nitrogens is 4. The van der Waals surface area contributed by atoms with E-state index in [0.717, 1.165) is 25.3 Å². The quantitative estimate of drug-likeness (QED) is 0.276. The van der Waals surface area contributed by atoms with E-state index in [1.807, 2.05) is 4.72 Å². The molecule has 0 saturated heterocycles. The number of fused-ring (bicyclic) bond motifs is 1. The van der Waals surface area contributed by atoms with Gasteiger partial charge in [0, 0.05) is 23.3 Å². The number of benzene rings is 3. The predicted molar refractivity (Wildman–Crippen MR) is 128 cm³/mol. The molecule has 3 aromatic carbocycles. The Bertz CT molecular complexity index is 1770. The number of methoxy groups -OCH3 is 1. The number of anilines is 1. The minimum atomic E-state index is -4.42. The molecule has 2 aromatic heterocycles. The fourth-order valence-electron chi connectivity index (χ4n) is 3.81. The summed E-state index contributed by atoms with van der Waals surface area (Å²) in [4.78, 5) is 18.3. The number of hydrogen-bond donors (Lipinski definition) is 3. The molecule has 13 heteroatoms. The second kappa shape index (κ2) is 9.09. The number of sulfonamides is 1. The highest BCUT2D eigenvalue weighted by Gasteiger charge is 2.25. The van der Waals surface area contributed by atoms with Crippen LogP contribution in [-0.2, 0) is 14.8 Å². The van der Waals surface area contributed by atoms with Crippen molar-refractivity contribution in [3.63, 3.8) is 0 Å². The maximum atomic E-state index is 15.5. The van der Waals surface area contributed by atoms with E-state index in [-0.39, 0.29) is 16.0 Å². The van der Waals surface area contributed by atoms with Gasteiger partial charge in [-0.2, -0.15) is 5.10 Å². The predicted octanol–water partition coefficient (Wildman–Crippen LogP) is 4.62. The number of nitrogens with one attached hydrogen (secondary N) is 3. The second-order valence-corrected chi connectivity index (χ2v) is 9.45. The van der Waals surface area contributed by atoms with E-state index >= 15 is 8.78 Å². The molecule has 5 aromatic rings. The summed E-state index contributed by atoms with van der Waals surface area (Å²) in [6.07, 6.45) is 3.06. The fourth-order valence-corrected chi connectivity index (χ4v) is 4.92. The molecule has 9 nitrogen and oxygen atoms in total. The van der Waals surface area contributed by atoms with Crippen molar-refractivity contribution in [2.75, 3.05) is 11.8 Å². The van der Waals surface area contributed by atoms with Gasteiger partial charge in [0.05, 0.1) is 28.8 Å². The number of hydrogen-bond acceptors (Lipinski definition) is 6. The van der Waals surface area contributed by atoms with Crippen molar-refractivity contribution >= 4 is 32.6 Å². The summed E-state index contributed by atoms with van der Waals surface area (Å²) in [5.41, 5.74) is -1.74. The number of nitrogens with zero attached hydrogens (tertiary/aromatic N) is 2. The molecule has 0 fully saturated rings. The van der Waals surface area contributed by atoms with E-state index in [4.69, 9.17) is 0 Å². The summed E-state index contributed by atoms with van der Waals surface area (Å²) < 4.78 is 78.1. The highest BCUT2D eigenvalue weighted by Crippen LogP contribution is 2.37. The van der Waals surface area contributed by atoms with E-state index in [1.54, 1.807) is 6.20 Å². The van der Waals surface area contributed by atoms with Crippen LogP contribution in [-0.4, -0.2) is 41.7 Å². The van der Waals surface area contributed by atoms with Gasteiger partial charge in [-0.25, -0.2) is 31.4 Å². The molecular weight excluding hydrogens is 511 g/mol. The highest BCUT2D eigenvalue weighted by atomic mass is 32.2. The van der Waals surface area contributed by atoms with Gasteiger partial charge in [-0.15, -0.1) is 0 Å². The molecule has 0 spiro atoms. The van der Waals surface area contributed by atoms with Crippen LogP contribution in [0.15, 0.2) is 65.8 Å². The molecule has 5 rings (SSSR count). The van der Waals surface area contributed by atoms with Crippen molar-refractivity contribution in [2.24, 2.45) is 0 Å². The van der Waals surface area contributed by atoms with Gasteiger partial charge in [0.1, 0.15) is 17.0 Å². The van der Waals surface area contributed by atoms with Crippen LogP contribution in [0.25, 0.3) is 33.5 Å². The van der Waals surface area contributed by atoms with E-state index in [2.05, 4.69) is 24.9 Å². The number of rotatable bonds is 6. The zero-order valence-corrected chi connectivity index (χ0v) is 19.7. The minimum absolute atomic E-state index is 0.0473. The molecule has 0 unspecified atom stereocenters. The number of halogens is 3. The lowest BCUT2D eigenvalue weighted by atomic mass is 10.0. The molecule has 0 aliphatic carbocycles. The maximum absolute atomic E-state index is 15.5. The Hall–Kier alpha value is -4.65. The van der Waals surface area contributed by atoms with Crippen LogP contribution in [0.3, 0.4) is 0 Å². The zero-order valence-electron chi connectivity index (χ0n) is 18.8. The summed E-state index contributed by atoms with van der Waals surface area (Å²) in [6.45, 7) is 0. The first-order chi connectivity index (χ1) is 17.7. The van der Waals surface area contributed by atoms with Gasteiger partial charge in [0.25, 0.3) is 10.0 Å². The lowest BCUT2D eigenvalue weighted by Gasteiger charge is -2.13. The summed E-state index contributed by atoms with van der Waals surface area (Å²) >= 11 is 0. The van der Waals surface area contributed by atoms with Crippen LogP contribution in [0.2, 0.25) is 0 Å². The molecular formula is C24H16F3N5O4S. The average Bonchev–Trinajstić information content (AvgIpc) is 3.57. The summed E-state index contributed by atoms with van der Waals surface area (Å²) in [5, 5.41) is 6.88. The van der Waals surface area contributed by atoms with Crippen molar-refractivity contribution in [3.05, 3.63) is 83.9 Å². The first-order valence-corrected chi connectivity index (χ1v) is 12.1. The van der Waals surface area contributed by atoms with Crippen LogP contribution in [0.5, 0.6) is 0 Å². The van der Waals surface area contributed by atoms with E-state index in [0.29, 0.717) is 16.9 Å². The Morgan fingerprint density at radius 2 is 1.86 bits per heavy atom. The molecule has 0 saturated carbocycles. The summed E-state index contributed by atoms with van der Waals surface area (Å²) in [7, 11) is -3.29. The third-order valence-corrected chi connectivity index (χ3v) is 6.93. The SMILES string of the molecule is COC(=O)c1cccc(S(=O)(=O)Nc2ccc(F)c(-c3ccc4c(-c5ncc[nH]5)[nH]nc4c3F)c2F)c1. The topological polar surface area (TPSA) is 130 Å². The molecule has 0 bridgehead atoms. The van der Waals surface area contributed by atoms with Gasteiger partial charge >= 0.3 is 5.97 Å². The number of carbonyl (C=O) groups is 1. The monoisotopic (exact) mass is 527 g/mol. The number of imidazole rings is 1. The Morgan fingerprint density at radius 1 is 1.05 bits per heavy atom. The van der Waals surface area contributed by atoms with Gasteiger partial charge in [0.2, 0.25) is 0 Å². The van der Waals surface area contributed by atoms with Crippen LogP contribution in [0, 0.1) is 17.5 Å². The van der Waals surface area contributed by atoms with Crippen LogP contribution in [0.4, 0.5) is 18.9 Å². The first-order valence-electron chi connectivity index (χ1n) is 10.6. The standard InChI is InChI=1S/C24H16F3N5O4S/c1-36-24(33)12-3-2-4-13(11-12)37(34,35)32-17-8-7-16(25)18(20(17)27)14-5-6-15-21(19(14)26)30-31-22(15)23-28-9-10-29-23/h2-11,32H,1H3,(H,28,29)(H,30,31). The number of H-pyrrole nitrogens is 2. The van der Waals surface area contributed by atoms with Gasteiger partial charge in [-0.1, -0.05) is 12.1 Å². The molecule has 2 heterocycles. The molecule has 0 amide bonds. The first kappa shape index (κ1) is 24.1. The van der Waals surface area contributed by atoms with Gasteiger partial charge in [-0.05, 0) is 36.4 Å². The Balaban J connectivity index is 1.56. The summed E-state index contributed by atoms with van der Waals surface area (Å²) in [6, 6.07) is 9.13. The van der Waals surface area contributed by atoms with Crippen molar-refractivity contribution in [1.82, 2.24) is 20.2 Å². The van der Waals surface area contributed by atoms with Crippen molar-refractivity contribution in [2.45, 2.75) is 4.90 Å². The van der Waals surface area contributed by atoms with Crippen LogP contribution >= 0.6 is 0 Å². The minimum Gasteiger partial charge on any atom is -0.465 e. The molecule has 0 atom stereocenters. The largest absolute Gasteiger partial charge is 0.465 e. The fraction of sp³-hybridized carbons (Fsp3) is 0.0417. The third-order valence-electron chi connectivity index (χ3n) is 5.57. The van der Waals surface area contributed by atoms with Gasteiger partial charge < -0.3 is 9.72 Å². The molecule has 3 N–H and O–H groups in total. The molecule has 37 heavy (non-hydrogen) atoms. The zero-order chi connectivity index (χ0) is 26.3. The van der Waals surface area contributed by atoms with Gasteiger partial charge in [-0.3, -0.25) is 9.82 Å². The van der Waals surface area contributed by atoms with Crippen molar-refractivity contribution < 1.29 is 31.1 Å². The third kappa shape index (κ3) is 4.18. The number of carbonyl (C=O) groups excluding carboxylic acids is 1. The Morgan fingerprint density at radius 3 is 2.59 bits per heavy atom. The number of aromatic amines is 2. The molecule has 0 aliphatic heterocycles. The van der Waals surface area contributed by atoms with Crippen LogP contribution < -0.4 is 4.72 Å².